The highest BCUT2D eigenvalue weighted by Gasteiger charge is 2.17. The number of fused-ring (bicyclic) bond motifs is 1. The molecule has 1 heterocycles. The Bertz CT molecular complexity index is 1150. The van der Waals surface area contributed by atoms with Crippen LogP contribution in [-0.2, 0) is 16.6 Å². The molecule has 148 valence electrons. The lowest BCUT2D eigenvalue weighted by Gasteiger charge is -2.08. The van der Waals surface area contributed by atoms with Crippen molar-refractivity contribution in [1.82, 2.24) is 9.55 Å². The van der Waals surface area contributed by atoms with Crippen molar-refractivity contribution in [1.29, 1.82) is 0 Å². The largest absolute Gasteiger partial charge is 0.319 e. The zero-order valence-corrected chi connectivity index (χ0v) is 17.7. The van der Waals surface area contributed by atoms with Gasteiger partial charge in [-0.15, -0.1) is 0 Å². The van der Waals surface area contributed by atoms with Crippen molar-refractivity contribution in [3.63, 3.8) is 0 Å². The van der Waals surface area contributed by atoms with Crippen LogP contribution in [0, 0.1) is 13.8 Å². The fraction of sp³-hybridized carbons (Fsp3) is 0.300. The number of hydrogen-bond acceptors (Lipinski definition) is 5. The molecule has 0 fully saturated rings. The Morgan fingerprint density at radius 3 is 2.61 bits per heavy atom. The SMILES string of the molecule is CCCn1c(SCC(=O)c2cc(C)ccc2C)nc2cc(S(N)(=O)=O)ccc21. The fourth-order valence-electron chi connectivity index (χ4n) is 3.06. The molecule has 0 amide bonds. The molecule has 0 saturated carbocycles. The number of Topliss-reactive ketones (excluding diaryl/α,β-unsaturated/α-hetero) is 1. The lowest BCUT2D eigenvalue weighted by molar-refractivity contribution is 0.102. The maximum absolute atomic E-state index is 12.7. The summed E-state index contributed by atoms with van der Waals surface area (Å²) in [5.74, 6) is 0.311. The molecule has 1 aromatic heterocycles. The second-order valence-corrected chi connectivity index (χ2v) is 9.28. The average molecular weight is 418 g/mol. The summed E-state index contributed by atoms with van der Waals surface area (Å²) >= 11 is 1.37. The summed E-state index contributed by atoms with van der Waals surface area (Å²) in [6.07, 6.45) is 0.890. The van der Waals surface area contributed by atoms with E-state index in [0.717, 1.165) is 35.2 Å². The number of hydrogen-bond donors (Lipinski definition) is 1. The lowest BCUT2D eigenvalue weighted by Crippen LogP contribution is -2.11. The molecule has 0 bridgehead atoms. The topological polar surface area (TPSA) is 95.0 Å². The Hall–Kier alpha value is -2.16. The fourth-order valence-corrected chi connectivity index (χ4v) is 4.52. The molecule has 0 saturated heterocycles. The standard InChI is InChI=1S/C20H23N3O3S2/c1-4-9-23-18-8-7-15(28(21,25)26)11-17(18)22-20(23)27-12-19(24)16-10-13(2)5-6-14(16)3/h5-8,10-11H,4,9,12H2,1-3H3,(H2,21,25,26). The molecule has 2 aromatic carbocycles. The quantitative estimate of drug-likeness (QED) is 0.467. The van der Waals surface area contributed by atoms with Crippen molar-refractivity contribution in [3.8, 4) is 0 Å². The summed E-state index contributed by atoms with van der Waals surface area (Å²) in [6, 6.07) is 10.5. The first-order chi connectivity index (χ1) is 13.2. The van der Waals surface area contributed by atoms with Crippen molar-refractivity contribution in [2.75, 3.05) is 5.75 Å². The molecule has 0 unspecified atom stereocenters. The van der Waals surface area contributed by atoms with E-state index in [9.17, 15) is 13.2 Å². The van der Waals surface area contributed by atoms with Crippen LogP contribution in [0.4, 0.5) is 0 Å². The number of aromatic nitrogens is 2. The van der Waals surface area contributed by atoms with Gasteiger partial charge in [0.25, 0.3) is 0 Å². The Balaban J connectivity index is 1.92. The first-order valence-electron chi connectivity index (χ1n) is 8.97. The van der Waals surface area contributed by atoms with E-state index in [1.807, 2.05) is 36.6 Å². The van der Waals surface area contributed by atoms with E-state index in [-0.39, 0.29) is 16.4 Å². The summed E-state index contributed by atoms with van der Waals surface area (Å²) < 4.78 is 25.3. The number of benzene rings is 2. The molecule has 6 nitrogen and oxygen atoms in total. The van der Waals surface area contributed by atoms with Crippen LogP contribution in [0.1, 0.15) is 34.8 Å². The minimum Gasteiger partial charge on any atom is -0.319 e. The summed E-state index contributed by atoms with van der Waals surface area (Å²) in [7, 11) is -3.79. The number of primary sulfonamides is 1. The van der Waals surface area contributed by atoms with Crippen LogP contribution in [0.2, 0.25) is 0 Å². The Labute approximate surface area is 169 Å². The summed E-state index contributed by atoms with van der Waals surface area (Å²) in [5, 5.41) is 5.92. The Morgan fingerprint density at radius 2 is 1.93 bits per heavy atom. The number of ketones is 1. The van der Waals surface area contributed by atoms with Gasteiger partial charge in [0.2, 0.25) is 10.0 Å². The number of nitrogens with zero attached hydrogens (tertiary/aromatic N) is 2. The monoisotopic (exact) mass is 417 g/mol. The number of carbonyl (C=O) groups excluding carboxylic acids is 1. The van der Waals surface area contributed by atoms with Gasteiger partial charge in [0.05, 0.1) is 21.7 Å². The molecule has 3 rings (SSSR count). The highest BCUT2D eigenvalue weighted by Crippen LogP contribution is 2.27. The zero-order valence-electron chi connectivity index (χ0n) is 16.1. The molecule has 0 aliphatic carbocycles. The normalized spacial score (nSPS) is 11.9. The number of rotatable bonds is 7. The minimum absolute atomic E-state index is 0.0316. The molecule has 0 aliphatic rings. The van der Waals surface area contributed by atoms with Crippen LogP contribution in [0.5, 0.6) is 0 Å². The third-order valence-electron chi connectivity index (χ3n) is 4.49. The van der Waals surface area contributed by atoms with Gasteiger partial charge in [-0.1, -0.05) is 36.4 Å². The van der Waals surface area contributed by atoms with Gasteiger partial charge in [-0.2, -0.15) is 0 Å². The van der Waals surface area contributed by atoms with E-state index >= 15 is 0 Å². The highest BCUT2D eigenvalue weighted by atomic mass is 32.2. The molecule has 0 atom stereocenters. The molecular weight excluding hydrogens is 394 g/mol. The molecular formula is C20H23N3O3S2. The number of carbonyl (C=O) groups is 1. The predicted molar refractivity (Wildman–Crippen MR) is 112 cm³/mol. The van der Waals surface area contributed by atoms with Gasteiger partial charge in [0, 0.05) is 12.1 Å². The second kappa shape index (κ2) is 8.06. The van der Waals surface area contributed by atoms with Gasteiger partial charge in [-0.25, -0.2) is 18.5 Å². The number of aryl methyl sites for hydroxylation is 3. The number of imidazole rings is 1. The van der Waals surface area contributed by atoms with Crippen LogP contribution >= 0.6 is 11.8 Å². The average Bonchev–Trinajstić information content (AvgIpc) is 2.98. The molecule has 0 aliphatic heterocycles. The molecule has 8 heteroatoms. The Morgan fingerprint density at radius 1 is 1.18 bits per heavy atom. The molecule has 3 aromatic rings. The van der Waals surface area contributed by atoms with E-state index in [1.165, 1.54) is 23.9 Å². The summed E-state index contributed by atoms with van der Waals surface area (Å²) in [6.45, 7) is 6.68. The third-order valence-corrected chi connectivity index (χ3v) is 6.37. The van der Waals surface area contributed by atoms with E-state index in [2.05, 4.69) is 11.9 Å². The van der Waals surface area contributed by atoms with Crippen molar-refractivity contribution < 1.29 is 13.2 Å². The maximum Gasteiger partial charge on any atom is 0.238 e. The zero-order chi connectivity index (χ0) is 20.5. The highest BCUT2D eigenvalue weighted by molar-refractivity contribution is 7.99. The number of nitrogens with two attached hydrogens (primary N) is 1. The Kier molecular flexibility index (Phi) is 5.92. The smallest absolute Gasteiger partial charge is 0.238 e. The van der Waals surface area contributed by atoms with Crippen LogP contribution in [0.25, 0.3) is 11.0 Å². The van der Waals surface area contributed by atoms with Gasteiger partial charge in [-0.05, 0) is 50.1 Å². The van der Waals surface area contributed by atoms with Crippen molar-refractivity contribution in [3.05, 3.63) is 53.1 Å². The van der Waals surface area contributed by atoms with Crippen molar-refractivity contribution >= 4 is 38.6 Å². The van der Waals surface area contributed by atoms with Gasteiger partial charge < -0.3 is 4.57 Å². The first kappa shape index (κ1) is 20.6. The predicted octanol–water partition coefficient (Wildman–Crippen LogP) is 3.69. The minimum atomic E-state index is -3.79. The lowest BCUT2D eigenvalue weighted by atomic mass is 10.0. The molecule has 2 N–H and O–H groups in total. The van der Waals surface area contributed by atoms with Crippen LogP contribution in [-0.4, -0.2) is 29.5 Å². The van der Waals surface area contributed by atoms with Gasteiger partial charge in [-0.3, -0.25) is 4.79 Å². The van der Waals surface area contributed by atoms with E-state index in [4.69, 9.17) is 5.14 Å². The van der Waals surface area contributed by atoms with Gasteiger partial charge >= 0.3 is 0 Å². The number of thioether (sulfide) groups is 1. The van der Waals surface area contributed by atoms with Crippen LogP contribution in [0.3, 0.4) is 0 Å². The van der Waals surface area contributed by atoms with Gasteiger partial charge in [0.15, 0.2) is 10.9 Å². The second-order valence-electron chi connectivity index (χ2n) is 6.77. The van der Waals surface area contributed by atoms with E-state index < -0.39 is 10.0 Å². The van der Waals surface area contributed by atoms with Crippen LogP contribution < -0.4 is 5.14 Å². The van der Waals surface area contributed by atoms with E-state index in [1.54, 1.807) is 6.07 Å². The number of sulfonamides is 1. The van der Waals surface area contributed by atoms with E-state index in [0.29, 0.717) is 10.7 Å². The first-order valence-corrected chi connectivity index (χ1v) is 11.5. The van der Waals surface area contributed by atoms with Crippen molar-refractivity contribution in [2.45, 2.75) is 43.8 Å². The van der Waals surface area contributed by atoms with Crippen LogP contribution in [0.15, 0.2) is 46.5 Å². The molecule has 28 heavy (non-hydrogen) atoms. The molecule has 0 spiro atoms. The summed E-state index contributed by atoms with van der Waals surface area (Å²) in [4.78, 5) is 17.3. The van der Waals surface area contributed by atoms with Crippen molar-refractivity contribution in [2.24, 2.45) is 5.14 Å². The maximum atomic E-state index is 12.7. The molecule has 0 radical (unpaired) electrons. The third kappa shape index (κ3) is 4.29. The van der Waals surface area contributed by atoms with Gasteiger partial charge in [0.1, 0.15) is 0 Å². The summed E-state index contributed by atoms with van der Waals surface area (Å²) in [5.41, 5.74) is 4.11.